The van der Waals surface area contributed by atoms with E-state index in [1.54, 1.807) is 0 Å². The standard InChI is InChI=1S/C16H15BrClNOS/c1-10-8-14(21-15(10)17)16(20)19-7-3-6-13(19)11-4-2-5-12(18)9-11/h2,4-5,8-9,13H,3,6-7H2,1H3. The molecule has 1 fully saturated rings. The number of benzene rings is 1. The van der Waals surface area contributed by atoms with E-state index in [-0.39, 0.29) is 11.9 Å². The SMILES string of the molecule is Cc1cc(C(=O)N2CCCC2c2cccc(Cl)c2)sc1Br. The number of halogens is 2. The summed E-state index contributed by atoms with van der Waals surface area (Å²) in [7, 11) is 0. The number of nitrogens with zero attached hydrogens (tertiary/aromatic N) is 1. The van der Waals surface area contributed by atoms with E-state index < -0.39 is 0 Å². The van der Waals surface area contributed by atoms with Crippen molar-refractivity contribution in [3.8, 4) is 0 Å². The number of carbonyl (C=O) groups is 1. The monoisotopic (exact) mass is 383 g/mol. The number of likely N-dealkylation sites (tertiary alicyclic amines) is 1. The normalized spacial score (nSPS) is 18.2. The first kappa shape index (κ1) is 15.1. The van der Waals surface area contributed by atoms with Gasteiger partial charge in [0.05, 0.1) is 14.7 Å². The third-order valence-electron chi connectivity index (χ3n) is 3.82. The number of aryl methyl sites for hydroxylation is 1. The second kappa shape index (κ2) is 6.11. The molecule has 5 heteroatoms. The molecule has 0 aliphatic carbocycles. The van der Waals surface area contributed by atoms with Crippen molar-refractivity contribution in [1.29, 1.82) is 0 Å². The van der Waals surface area contributed by atoms with E-state index in [2.05, 4.69) is 22.0 Å². The second-order valence-electron chi connectivity index (χ2n) is 5.28. The fourth-order valence-corrected chi connectivity index (χ4v) is 4.47. The molecule has 3 rings (SSSR count). The summed E-state index contributed by atoms with van der Waals surface area (Å²) in [6.45, 7) is 2.82. The molecule has 1 aromatic carbocycles. The van der Waals surface area contributed by atoms with Crippen LogP contribution in [0, 0.1) is 6.92 Å². The Morgan fingerprint density at radius 2 is 2.24 bits per heavy atom. The van der Waals surface area contributed by atoms with Gasteiger partial charge in [-0.25, -0.2) is 0 Å². The molecule has 1 aliphatic rings. The van der Waals surface area contributed by atoms with Gasteiger partial charge < -0.3 is 4.90 Å². The summed E-state index contributed by atoms with van der Waals surface area (Å²) in [5.74, 6) is 0.122. The number of hydrogen-bond donors (Lipinski definition) is 0. The van der Waals surface area contributed by atoms with Gasteiger partial charge in [-0.1, -0.05) is 23.7 Å². The molecule has 2 aromatic rings. The molecular formula is C16H15BrClNOS. The van der Waals surface area contributed by atoms with E-state index in [0.29, 0.717) is 0 Å². The van der Waals surface area contributed by atoms with Crippen LogP contribution in [0.2, 0.25) is 5.02 Å². The Hall–Kier alpha value is -0.840. The van der Waals surface area contributed by atoms with Crippen LogP contribution in [0.15, 0.2) is 34.1 Å². The maximum absolute atomic E-state index is 12.8. The molecule has 21 heavy (non-hydrogen) atoms. The molecular weight excluding hydrogens is 370 g/mol. The lowest BCUT2D eigenvalue weighted by molar-refractivity contribution is 0.0740. The quantitative estimate of drug-likeness (QED) is 0.674. The maximum Gasteiger partial charge on any atom is 0.264 e. The molecule has 0 bridgehead atoms. The summed E-state index contributed by atoms with van der Waals surface area (Å²) in [6.07, 6.45) is 2.03. The van der Waals surface area contributed by atoms with E-state index in [0.717, 1.165) is 44.2 Å². The summed E-state index contributed by atoms with van der Waals surface area (Å²) in [5, 5.41) is 0.724. The largest absolute Gasteiger partial charge is 0.331 e. The van der Waals surface area contributed by atoms with Crippen LogP contribution in [0.3, 0.4) is 0 Å². The highest BCUT2D eigenvalue weighted by atomic mass is 79.9. The van der Waals surface area contributed by atoms with Crippen LogP contribution in [0.5, 0.6) is 0 Å². The van der Waals surface area contributed by atoms with E-state index in [1.807, 2.05) is 36.1 Å². The average molecular weight is 385 g/mol. The van der Waals surface area contributed by atoms with Gasteiger partial charge in [-0.15, -0.1) is 11.3 Å². The average Bonchev–Trinajstić information content (AvgIpc) is 3.06. The molecule has 1 saturated heterocycles. The van der Waals surface area contributed by atoms with Gasteiger partial charge in [0.25, 0.3) is 5.91 Å². The summed E-state index contributed by atoms with van der Waals surface area (Å²) < 4.78 is 1.03. The fraction of sp³-hybridized carbons (Fsp3) is 0.312. The topological polar surface area (TPSA) is 20.3 Å². The Balaban J connectivity index is 1.88. The third-order valence-corrected chi connectivity index (χ3v) is 6.17. The zero-order chi connectivity index (χ0) is 15.0. The van der Waals surface area contributed by atoms with Gasteiger partial charge in [0.15, 0.2) is 0 Å². The van der Waals surface area contributed by atoms with Crippen LogP contribution >= 0.6 is 38.9 Å². The summed E-state index contributed by atoms with van der Waals surface area (Å²) in [5.41, 5.74) is 2.24. The molecule has 0 spiro atoms. The van der Waals surface area contributed by atoms with Crippen molar-refractivity contribution < 1.29 is 4.79 Å². The van der Waals surface area contributed by atoms with Crippen molar-refractivity contribution in [3.05, 3.63) is 55.1 Å². The number of carbonyl (C=O) groups excluding carboxylic acids is 1. The highest BCUT2D eigenvalue weighted by molar-refractivity contribution is 9.11. The second-order valence-corrected chi connectivity index (χ2v) is 8.09. The smallest absolute Gasteiger partial charge is 0.264 e. The van der Waals surface area contributed by atoms with E-state index in [9.17, 15) is 4.79 Å². The maximum atomic E-state index is 12.8. The lowest BCUT2D eigenvalue weighted by Crippen LogP contribution is -2.29. The zero-order valence-corrected chi connectivity index (χ0v) is 14.8. The molecule has 1 aromatic heterocycles. The minimum atomic E-state index is 0.122. The van der Waals surface area contributed by atoms with Gasteiger partial charge in [0.1, 0.15) is 0 Å². The zero-order valence-electron chi connectivity index (χ0n) is 11.6. The van der Waals surface area contributed by atoms with Gasteiger partial charge in [0, 0.05) is 11.6 Å². The van der Waals surface area contributed by atoms with Gasteiger partial charge in [-0.2, -0.15) is 0 Å². The number of amides is 1. The van der Waals surface area contributed by atoms with Gasteiger partial charge >= 0.3 is 0 Å². The molecule has 110 valence electrons. The molecule has 0 saturated carbocycles. The highest BCUT2D eigenvalue weighted by Gasteiger charge is 2.31. The number of rotatable bonds is 2. The third kappa shape index (κ3) is 3.03. The van der Waals surface area contributed by atoms with E-state index >= 15 is 0 Å². The number of hydrogen-bond acceptors (Lipinski definition) is 2. The molecule has 2 heterocycles. The lowest BCUT2D eigenvalue weighted by atomic mass is 10.0. The van der Waals surface area contributed by atoms with Crippen molar-refractivity contribution in [2.45, 2.75) is 25.8 Å². The summed E-state index contributed by atoms with van der Waals surface area (Å²) in [4.78, 5) is 15.5. The summed E-state index contributed by atoms with van der Waals surface area (Å²) in [6, 6.07) is 9.93. The van der Waals surface area contributed by atoms with Crippen LogP contribution in [-0.4, -0.2) is 17.4 Å². The van der Waals surface area contributed by atoms with Gasteiger partial charge in [-0.05, 0) is 65.0 Å². The van der Waals surface area contributed by atoms with Gasteiger partial charge in [-0.3, -0.25) is 4.79 Å². The highest BCUT2D eigenvalue weighted by Crippen LogP contribution is 2.36. The number of thiophene rings is 1. The van der Waals surface area contributed by atoms with Crippen molar-refractivity contribution in [3.63, 3.8) is 0 Å². The Labute approximate surface area is 141 Å². The molecule has 1 amide bonds. The van der Waals surface area contributed by atoms with Crippen molar-refractivity contribution in [2.24, 2.45) is 0 Å². The summed E-state index contributed by atoms with van der Waals surface area (Å²) >= 11 is 11.1. The minimum Gasteiger partial charge on any atom is -0.331 e. The Kier molecular flexibility index (Phi) is 4.38. The van der Waals surface area contributed by atoms with Crippen LogP contribution in [0.25, 0.3) is 0 Å². The molecule has 2 nitrogen and oxygen atoms in total. The lowest BCUT2D eigenvalue weighted by Gasteiger charge is -2.24. The van der Waals surface area contributed by atoms with Crippen molar-refractivity contribution in [2.75, 3.05) is 6.54 Å². The van der Waals surface area contributed by atoms with Gasteiger partial charge in [0.2, 0.25) is 0 Å². The Bertz CT molecular complexity index is 665. The molecule has 1 aliphatic heterocycles. The molecule has 1 unspecified atom stereocenters. The fourth-order valence-electron chi connectivity index (χ4n) is 2.78. The minimum absolute atomic E-state index is 0.122. The predicted molar refractivity (Wildman–Crippen MR) is 91.2 cm³/mol. The van der Waals surface area contributed by atoms with E-state index in [4.69, 9.17) is 11.6 Å². The van der Waals surface area contributed by atoms with Crippen LogP contribution < -0.4 is 0 Å². The first-order chi connectivity index (χ1) is 10.1. The molecule has 0 N–H and O–H groups in total. The first-order valence-corrected chi connectivity index (χ1v) is 8.87. The first-order valence-electron chi connectivity index (χ1n) is 6.88. The molecule has 0 radical (unpaired) electrons. The van der Waals surface area contributed by atoms with E-state index in [1.165, 1.54) is 11.3 Å². The van der Waals surface area contributed by atoms with Crippen molar-refractivity contribution in [1.82, 2.24) is 4.90 Å². The predicted octanol–water partition coefficient (Wildman–Crippen LogP) is 5.45. The Morgan fingerprint density at radius 3 is 2.90 bits per heavy atom. The van der Waals surface area contributed by atoms with Crippen LogP contribution in [0.1, 0.15) is 39.7 Å². The molecule has 1 atom stereocenters. The van der Waals surface area contributed by atoms with Crippen molar-refractivity contribution >= 4 is 44.8 Å². The van der Waals surface area contributed by atoms with Crippen LogP contribution in [-0.2, 0) is 0 Å². The van der Waals surface area contributed by atoms with Crippen LogP contribution in [0.4, 0.5) is 0 Å². The Morgan fingerprint density at radius 1 is 1.43 bits per heavy atom.